The summed E-state index contributed by atoms with van der Waals surface area (Å²) < 4.78 is 10.2. The van der Waals surface area contributed by atoms with Crippen molar-refractivity contribution < 1.29 is 13.9 Å². The minimum Gasteiger partial charge on any atom is -0.467 e. The van der Waals surface area contributed by atoms with E-state index in [9.17, 15) is 4.79 Å². The van der Waals surface area contributed by atoms with Gasteiger partial charge in [-0.1, -0.05) is 0 Å². The standard InChI is InChI=1S/C10H14N2O3/c13-10(12-8-3-5-14-7-8)11-6-9-2-1-4-15-9/h1-2,4,8H,3,5-7H2,(H2,11,12,13). The molecule has 1 aromatic rings. The molecule has 5 nitrogen and oxygen atoms in total. The van der Waals surface area contributed by atoms with E-state index in [0.717, 1.165) is 18.8 Å². The second-order valence-electron chi connectivity index (χ2n) is 3.47. The minimum absolute atomic E-state index is 0.140. The van der Waals surface area contributed by atoms with Crippen LogP contribution in [-0.2, 0) is 11.3 Å². The van der Waals surface area contributed by atoms with Gasteiger partial charge in [0.2, 0.25) is 0 Å². The fourth-order valence-corrected chi connectivity index (χ4v) is 1.47. The summed E-state index contributed by atoms with van der Waals surface area (Å²) in [6, 6.07) is 3.57. The quantitative estimate of drug-likeness (QED) is 0.778. The van der Waals surface area contributed by atoms with Crippen molar-refractivity contribution in [1.82, 2.24) is 10.6 Å². The Bertz CT molecular complexity index is 304. The van der Waals surface area contributed by atoms with E-state index < -0.39 is 0 Å². The molecule has 1 aromatic heterocycles. The van der Waals surface area contributed by atoms with Crippen LogP contribution in [-0.4, -0.2) is 25.3 Å². The highest BCUT2D eigenvalue weighted by molar-refractivity contribution is 5.74. The fraction of sp³-hybridized carbons (Fsp3) is 0.500. The molecule has 0 aromatic carbocycles. The van der Waals surface area contributed by atoms with Crippen LogP contribution in [0.4, 0.5) is 4.79 Å². The van der Waals surface area contributed by atoms with Crippen LogP contribution in [0.1, 0.15) is 12.2 Å². The van der Waals surface area contributed by atoms with Crippen LogP contribution in [0.3, 0.4) is 0 Å². The number of furan rings is 1. The van der Waals surface area contributed by atoms with Crippen molar-refractivity contribution in [3.8, 4) is 0 Å². The second kappa shape index (κ2) is 4.84. The lowest BCUT2D eigenvalue weighted by Gasteiger charge is -2.10. The lowest BCUT2D eigenvalue weighted by Crippen LogP contribution is -2.41. The van der Waals surface area contributed by atoms with Crippen LogP contribution in [0.25, 0.3) is 0 Å². The van der Waals surface area contributed by atoms with Crippen LogP contribution in [0.5, 0.6) is 0 Å². The molecule has 82 valence electrons. The molecule has 0 spiro atoms. The Morgan fingerprint density at radius 1 is 1.60 bits per heavy atom. The molecular weight excluding hydrogens is 196 g/mol. The van der Waals surface area contributed by atoms with Crippen molar-refractivity contribution in [3.63, 3.8) is 0 Å². The van der Waals surface area contributed by atoms with Crippen LogP contribution in [0.15, 0.2) is 22.8 Å². The van der Waals surface area contributed by atoms with E-state index in [4.69, 9.17) is 9.15 Å². The first-order valence-corrected chi connectivity index (χ1v) is 4.99. The molecule has 2 rings (SSSR count). The number of carbonyl (C=O) groups is 1. The lowest BCUT2D eigenvalue weighted by atomic mass is 10.3. The van der Waals surface area contributed by atoms with E-state index in [2.05, 4.69) is 10.6 Å². The maximum absolute atomic E-state index is 11.4. The zero-order chi connectivity index (χ0) is 10.5. The van der Waals surface area contributed by atoms with Gasteiger partial charge in [-0.3, -0.25) is 0 Å². The summed E-state index contributed by atoms with van der Waals surface area (Å²) in [7, 11) is 0. The Balaban J connectivity index is 1.68. The molecule has 0 saturated carbocycles. The number of carbonyl (C=O) groups excluding carboxylic acids is 1. The van der Waals surface area contributed by atoms with Crippen molar-refractivity contribution >= 4 is 6.03 Å². The summed E-state index contributed by atoms with van der Waals surface area (Å²) in [5, 5.41) is 5.54. The molecule has 1 aliphatic heterocycles. The highest BCUT2D eigenvalue weighted by Gasteiger charge is 2.17. The molecule has 2 N–H and O–H groups in total. The third-order valence-corrected chi connectivity index (χ3v) is 2.27. The van der Waals surface area contributed by atoms with Crippen molar-refractivity contribution in [1.29, 1.82) is 0 Å². The maximum atomic E-state index is 11.4. The van der Waals surface area contributed by atoms with Crippen LogP contribution >= 0.6 is 0 Å². The number of rotatable bonds is 3. The smallest absolute Gasteiger partial charge is 0.315 e. The summed E-state index contributed by atoms with van der Waals surface area (Å²) >= 11 is 0. The molecule has 15 heavy (non-hydrogen) atoms. The zero-order valence-corrected chi connectivity index (χ0v) is 8.36. The first-order valence-electron chi connectivity index (χ1n) is 4.99. The van der Waals surface area contributed by atoms with Gasteiger partial charge in [0.25, 0.3) is 0 Å². The summed E-state index contributed by atoms with van der Waals surface area (Å²) in [6.07, 6.45) is 2.47. The van der Waals surface area contributed by atoms with Gasteiger partial charge >= 0.3 is 6.03 Å². The highest BCUT2D eigenvalue weighted by Crippen LogP contribution is 2.03. The number of hydrogen-bond acceptors (Lipinski definition) is 3. The van der Waals surface area contributed by atoms with Crippen LogP contribution in [0.2, 0.25) is 0 Å². The number of urea groups is 1. The summed E-state index contributed by atoms with van der Waals surface area (Å²) in [6.45, 7) is 1.74. The first-order chi connectivity index (χ1) is 7.34. The molecule has 1 fully saturated rings. The number of amides is 2. The lowest BCUT2D eigenvalue weighted by molar-refractivity contribution is 0.188. The largest absolute Gasteiger partial charge is 0.467 e. The third kappa shape index (κ3) is 2.99. The van der Waals surface area contributed by atoms with Gasteiger partial charge in [0, 0.05) is 6.61 Å². The van der Waals surface area contributed by atoms with Crippen LogP contribution < -0.4 is 10.6 Å². The van der Waals surface area contributed by atoms with Gasteiger partial charge in [-0.05, 0) is 18.6 Å². The Labute approximate surface area is 87.8 Å². The van der Waals surface area contributed by atoms with Gasteiger partial charge in [-0.25, -0.2) is 4.79 Å². The first kappa shape index (κ1) is 10.0. The maximum Gasteiger partial charge on any atom is 0.315 e. The average molecular weight is 210 g/mol. The highest BCUT2D eigenvalue weighted by atomic mass is 16.5. The molecule has 1 aliphatic rings. The van der Waals surface area contributed by atoms with Crippen molar-refractivity contribution in [2.75, 3.05) is 13.2 Å². The molecule has 1 unspecified atom stereocenters. The van der Waals surface area contributed by atoms with E-state index in [1.165, 1.54) is 0 Å². The molecule has 1 atom stereocenters. The zero-order valence-electron chi connectivity index (χ0n) is 8.36. The SMILES string of the molecule is O=C(NCc1ccco1)NC1CCOC1. The van der Waals surface area contributed by atoms with Gasteiger partial charge in [-0.15, -0.1) is 0 Å². The van der Waals surface area contributed by atoms with Crippen molar-refractivity contribution in [2.24, 2.45) is 0 Å². The Hall–Kier alpha value is -1.49. The Morgan fingerprint density at radius 2 is 2.53 bits per heavy atom. The summed E-state index contributed by atoms with van der Waals surface area (Å²) in [5.74, 6) is 0.743. The summed E-state index contributed by atoms with van der Waals surface area (Å²) in [4.78, 5) is 11.4. The molecule has 0 radical (unpaired) electrons. The minimum atomic E-state index is -0.179. The monoisotopic (exact) mass is 210 g/mol. The predicted octanol–water partition coefficient (Wildman–Crippen LogP) is 0.868. The predicted molar refractivity (Wildman–Crippen MR) is 53.3 cm³/mol. The Morgan fingerprint density at radius 3 is 3.20 bits per heavy atom. The molecule has 0 bridgehead atoms. The fourth-order valence-electron chi connectivity index (χ4n) is 1.47. The van der Waals surface area contributed by atoms with Gasteiger partial charge < -0.3 is 19.8 Å². The third-order valence-electron chi connectivity index (χ3n) is 2.27. The number of nitrogens with one attached hydrogen (secondary N) is 2. The molecule has 0 aliphatic carbocycles. The van der Waals surface area contributed by atoms with Crippen molar-refractivity contribution in [2.45, 2.75) is 19.0 Å². The van der Waals surface area contributed by atoms with Gasteiger partial charge in [0.1, 0.15) is 5.76 Å². The molecule has 2 amide bonds. The Kier molecular flexibility index (Phi) is 3.24. The average Bonchev–Trinajstić information content (AvgIpc) is 2.86. The van der Waals surface area contributed by atoms with E-state index in [0.29, 0.717) is 13.2 Å². The topological polar surface area (TPSA) is 63.5 Å². The van der Waals surface area contributed by atoms with Gasteiger partial charge in [-0.2, -0.15) is 0 Å². The van der Waals surface area contributed by atoms with Gasteiger partial charge in [0.15, 0.2) is 0 Å². The second-order valence-corrected chi connectivity index (χ2v) is 3.47. The van der Waals surface area contributed by atoms with E-state index >= 15 is 0 Å². The number of hydrogen-bond donors (Lipinski definition) is 2. The van der Waals surface area contributed by atoms with Crippen LogP contribution in [0, 0.1) is 0 Å². The van der Waals surface area contributed by atoms with E-state index in [-0.39, 0.29) is 12.1 Å². The van der Waals surface area contributed by atoms with Crippen molar-refractivity contribution in [3.05, 3.63) is 24.2 Å². The molecule has 2 heterocycles. The number of ether oxygens (including phenoxy) is 1. The molecule has 5 heteroatoms. The van der Waals surface area contributed by atoms with Gasteiger partial charge in [0.05, 0.1) is 25.5 Å². The molecular formula is C10H14N2O3. The molecule has 1 saturated heterocycles. The normalized spacial score (nSPS) is 20.1. The summed E-state index contributed by atoms with van der Waals surface area (Å²) in [5.41, 5.74) is 0. The van der Waals surface area contributed by atoms with E-state index in [1.54, 1.807) is 12.3 Å². The van der Waals surface area contributed by atoms with E-state index in [1.807, 2.05) is 6.07 Å².